The fraction of sp³-hybridized carbons (Fsp3) is 0.0833. The monoisotopic (exact) mass is 467 g/mol. The Labute approximate surface area is 187 Å². The summed E-state index contributed by atoms with van der Waals surface area (Å²) in [5.74, 6) is 0.0585. The van der Waals surface area contributed by atoms with E-state index >= 15 is 0 Å². The van der Waals surface area contributed by atoms with Crippen molar-refractivity contribution in [2.24, 2.45) is 0 Å². The fourth-order valence-electron chi connectivity index (χ4n) is 3.28. The molecule has 4 aromatic carbocycles. The van der Waals surface area contributed by atoms with E-state index in [2.05, 4.69) is 4.72 Å². The highest BCUT2D eigenvalue weighted by molar-refractivity contribution is 7.89. The first-order chi connectivity index (χ1) is 15.3. The van der Waals surface area contributed by atoms with Crippen molar-refractivity contribution in [2.75, 3.05) is 0 Å². The lowest BCUT2D eigenvalue weighted by molar-refractivity contribution is 0.488. The van der Waals surface area contributed by atoms with E-state index < -0.39 is 20.1 Å². The molecule has 1 N–H and O–H groups in total. The molecule has 164 valence electrons. The Hall–Kier alpha value is -3.20. The van der Waals surface area contributed by atoms with Crippen molar-refractivity contribution >= 4 is 30.9 Å². The number of nitrogens with one attached hydrogen (secondary N) is 1. The lowest BCUT2D eigenvalue weighted by Crippen LogP contribution is -2.23. The molecule has 0 atom stereocenters. The van der Waals surface area contributed by atoms with Crippen LogP contribution in [-0.2, 0) is 26.7 Å². The maximum absolute atomic E-state index is 13.0. The van der Waals surface area contributed by atoms with Crippen molar-refractivity contribution in [1.29, 1.82) is 0 Å². The van der Waals surface area contributed by atoms with Crippen LogP contribution in [0.25, 0.3) is 10.8 Å². The molecule has 0 spiro atoms. The minimum absolute atomic E-state index is 0.0217. The Kier molecular flexibility index (Phi) is 6.01. The van der Waals surface area contributed by atoms with Crippen molar-refractivity contribution in [3.63, 3.8) is 0 Å². The first kappa shape index (κ1) is 22.0. The molecule has 0 aliphatic heterocycles. The van der Waals surface area contributed by atoms with Gasteiger partial charge in [-0.25, -0.2) is 13.1 Å². The van der Waals surface area contributed by atoms with Crippen molar-refractivity contribution in [1.82, 2.24) is 4.72 Å². The number of fused-ring (bicyclic) bond motifs is 1. The van der Waals surface area contributed by atoms with Crippen LogP contribution >= 0.6 is 0 Å². The van der Waals surface area contributed by atoms with Gasteiger partial charge in [0.15, 0.2) is 5.75 Å². The van der Waals surface area contributed by atoms with Crippen molar-refractivity contribution in [2.45, 2.75) is 23.3 Å². The smallest absolute Gasteiger partial charge is 0.339 e. The molecule has 0 heterocycles. The zero-order valence-electron chi connectivity index (χ0n) is 17.2. The fourth-order valence-corrected chi connectivity index (χ4v) is 5.47. The van der Waals surface area contributed by atoms with Gasteiger partial charge in [0.05, 0.1) is 4.90 Å². The molecule has 0 radical (unpaired) electrons. The predicted molar refractivity (Wildman–Crippen MR) is 123 cm³/mol. The largest absolute Gasteiger partial charge is 0.378 e. The number of aryl methyl sites for hydroxylation is 1. The van der Waals surface area contributed by atoms with Gasteiger partial charge in [-0.1, -0.05) is 72.3 Å². The molecule has 0 saturated heterocycles. The normalized spacial score (nSPS) is 12.0. The Morgan fingerprint density at radius 2 is 1.38 bits per heavy atom. The Morgan fingerprint density at radius 1 is 0.719 bits per heavy atom. The van der Waals surface area contributed by atoms with Crippen LogP contribution in [0.1, 0.15) is 11.1 Å². The lowest BCUT2D eigenvalue weighted by Gasteiger charge is -2.13. The highest BCUT2D eigenvalue weighted by Crippen LogP contribution is 2.32. The predicted octanol–water partition coefficient (Wildman–Crippen LogP) is 4.39. The second kappa shape index (κ2) is 8.74. The molecular weight excluding hydrogens is 446 g/mol. The van der Waals surface area contributed by atoms with E-state index in [9.17, 15) is 16.8 Å². The van der Waals surface area contributed by atoms with Gasteiger partial charge in [0.2, 0.25) is 10.0 Å². The first-order valence-electron chi connectivity index (χ1n) is 9.83. The molecule has 32 heavy (non-hydrogen) atoms. The SMILES string of the molecule is Cc1ccc(S(=O)(=O)Oc2cccc3c(S(=O)(=O)NCc4ccccc4)cccc23)cc1. The highest BCUT2D eigenvalue weighted by atomic mass is 32.2. The van der Waals surface area contributed by atoms with Gasteiger partial charge in [-0.15, -0.1) is 0 Å². The minimum atomic E-state index is -4.08. The summed E-state index contributed by atoms with van der Waals surface area (Å²) in [6, 6.07) is 24.8. The summed E-state index contributed by atoms with van der Waals surface area (Å²) < 4.78 is 59.5. The van der Waals surface area contributed by atoms with E-state index in [1.165, 1.54) is 24.3 Å². The molecule has 0 aromatic heterocycles. The van der Waals surface area contributed by atoms with Gasteiger partial charge in [0.25, 0.3) is 0 Å². The van der Waals surface area contributed by atoms with Crippen LogP contribution < -0.4 is 8.91 Å². The maximum atomic E-state index is 13.0. The van der Waals surface area contributed by atoms with Crippen LogP contribution in [0.5, 0.6) is 5.75 Å². The summed E-state index contributed by atoms with van der Waals surface area (Å²) in [5.41, 5.74) is 1.75. The van der Waals surface area contributed by atoms with Gasteiger partial charge in [-0.3, -0.25) is 0 Å². The van der Waals surface area contributed by atoms with Crippen LogP contribution in [0.15, 0.2) is 101 Å². The summed E-state index contributed by atoms with van der Waals surface area (Å²) >= 11 is 0. The van der Waals surface area contributed by atoms with Crippen LogP contribution in [0, 0.1) is 6.92 Å². The second-order valence-corrected chi connectivity index (χ2v) is 10.5. The van der Waals surface area contributed by atoms with Gasteiger partial charge < -0.3 is 4.18 Å². The van der Waals surface area contributed by atoms with E-state index in [-0.39, 0.29) is 22.1 Å². The standard InChI is InChI=1S/C24H21NO5S2/c1-18-13-15-20(16-14-18)32(28,29)30-23-11-5-10-22-21(23)9-6-12-24(22)31(26,27)25-17-19-7-3-2-4-8-19/h2-16,25H,17H2,1H3. The number of hydrogen-bond donors (Lipinski definition) is 1. The molecule has 0 saturated carbocycles. The van der Waals surface area contributed by atoms with Crippen molar-refractivity contribution < 1.29 is 21.0 Å². The molecule has 0 aliphatic carbocycles. The topological polar surface area (TPSA) is 89.5 Å². The van der Waals surface area contributed by atoms with E-state index in [0.717, 1.165) is 11.1 Å². The van der Waals surface area contributed by atoms with Crippen LogP contribution in [0.3, 0.4) is 0 Å². The summed E-state index contributed by atoms with van der Waals surface area (Å²) in [4.78, 5) is 0.0671. The average Bonchev–Trinajstić information content (AvgIpc) is 2.78. The quantitative estimate of drug-likeness (QED) is 0.407. The molecule has 0 amide bonds. The van der Waals surface area contributed by atoms with Crippen LogP contribution in [-0.4, -0.2) is 16.8 Å². The Balaban J connectivity index is 1.69. The van der Waals surface area contributed by atoms with Gasteiger partial charge in [0, 0.05) is 17.3 Å². The van der Waals surface area contributed by atoms with Crippen molar-refractivity contribution in [3.05, 3.63) is 102 Å². The molecule has 0 fully saturated rings. The van der Waals surface area contributed by atoms with Gasteiger partial charge in [0.1, 0.15) is 4.90 Å². The summed E-state index contributed by atoms with van der Waals surface area (Å²) in [7, 11) is -7.94. The Morgan fingerprint density at radius 3 is 2.09 bits per heavy atom. The zero-order chi connectivity index (χ0) is 22.8. The van der Waals surface area contributed by atoms with E-state index in [1.54, 1.807) is 36.4 Å². The molecule has 0 unspecified atom stereocenters. The molecule has 0 aliphatic rings. The van der Waals surface area contributed by atoms with Gasteiger partial charge in [-0.05, 0) is 36.8 Å². The zero-order valence-corrected chi connectivity index (χ0v) is 18.9. The molecule has 8 heteroatoms. The van der Waals surface area contributed by atoms with Crippen LogP contribution in [0.4, 0.5) is 0 Å². The number of rotatable bonds is 7. The molecule has 6 nitrogen and oxygen atoms in total. The third kappa shape index (κ3) is 4.67. The summed E-state index contributed by atoms with van der Waals surface area (Å²) in [5, 5.41) is 0.746. The number of sulfonamides is 1. The average molecular weight is 468 g/mol. The minimum Gasteiger partial charge on any atom is -0.378 e. The molecule has 4 aromatic rings. The Bertz CT molecular complexity index is 1460. The molecule has 4 rings (SSSR count). The third-order valence-corrected chi connectivity index (χ3v) is 7.66. The van der Waals surface area contributed by atoms with E-state index in [4.69, 9.17) is 4.18 Å². The van der Waals surface area contributed by atoms with Gasteiger partial charge >= 0.3 is 10.1 Å². The second-order valence-electron chi connectivity index (χ2n) is 7.27. The summed E-state index contributed by atoms with van der Waals surface area (Å²) in [6.07, 6.45) is 0. The number of hydrogen-bond acceptors (Lipinski definition) is 5. The van der Waals surface area contributed by atoms with E-state index in [1.807, 2.05) is 37.3 Å². The van der Waals surface area contributed by atoms with Crippen molar-refractivity contribution in [3.8, 4) is 5.75 Å². The number of benzene rings is 4. The highest BCUT2D eigenvalue weighted by Gasteiger charge is 2.21. The molecule has 0 bridgehead atoms. The first-order valence-corrected chi connectivity index (χ1v) is 12.7. The van der Waals surface area contributed by atoms with E-state index in [0.29, 0.717) is 10.8 Å². The maximum Gasteiger partial charge on any atom is 0.339 e. The third-order valence-electron chi connectivity index (χ3n) is 4.95. The van der Waals surface area contributed by atoms with Gasteiger partial charge in [-0.2, -0.15) is 8.42 Å². The summed E-state index contributed by atoms with van der Waals surface area (Å²) in [6.45, 7) is 1.99. The van der Waals surface area contributed by atoms with Crippen LogP contribution in [0.2, 0.25) is 0 Å². The lowest BCUT2D eigenvalue weighted by atomic mass is 10.1. The molecular formula is C24H21NO5S2.